The molecule has 6 nitrogen and oxygen atoms in total. The van der Waals surface area contributed by atoms with Gasteiger partial charge in [-0.05, 0) is 56.1 Å². The first kappa shape index (κ1) is 19.5. The zero-order valence-electron chi connectivity index (χ0n) is 16.9. The van der Waals surface area contributed by atoms with Gasteiger partial charge in [-0.1, -0.05) is 30.3 Å². The Morgan fingerprint density at radius 3 is 2.59 bits per heavy atom. The van der Waals surface area contributed by atoms with Crippen molar-refractivity contribution in [3.8, 4) is 5.75 Å². The molecule has 29 heavy (non-hydrogen) atoms. The minimum atomic E-state index is 0.0874. The Hall–Kier alpha value is -2.86. The number of amides is 1. The van der Waals surface area contributed by atoms with Crippen molar-refractivity contribution in [2.45, 2.75) is 26.0 Å². The Morgan fingerprint density at radius 2 is 1.83 bits per heavy atom. The van der Waals surface area contributed by atoms with E-state index >= 15 is 0 Å². The molecule has 0 radical (unpaired) electrons. The smallest absolute Gasteiger partial charge is 0.233 e. The lowest BCUT2D eigenvalue weighted by Crippen LogP contribution is -2.41. The van der Waals surface area contributed by atoms with Crippen molar-refractivity contribution in [2.24, 2.45) is 5.92 Å². The molecule has 1 amide bonds. The van der Waals surface area contributed by atoms with Crippen LogP contribution in [0.4, 0.5) is 0 Å². The number of piperidine rings is 1. The highest BCUT2D eigenvalue weighted by molar-refractivity contribution is 5.77. The Balaban J connectivity index is 1.45. The highest BCUT2D eigenvalue weighted by atomic mass is 16.5. The molecule has 0 unspecified atom stereocenters. The topological polar surface area (TPSA) is 59.4 Å². The average Bonchev–Trinajstić information content (AvgIpc) is 3.11. The second-order valence-electron chi connectivity index (χ2n) is 7.62. The molecule has 0 aliphatic carbocycles. The minimum Gasteiger partial charge on any atom is -0.486 e. The molecule has 152 valence electrons. The molecule has 1 saturated heterocycles. The molecule has 1 aliphatic rings. The molecule has 2 aromatic carbocycles. The number of carbonyl (C=O) groups is 1. The third-order valence-electron chi connectivity index (χ3n) is 5.64. The lowest BCUT2D eigenvalue weighted by atomic mass is 9.96. The van der Waals surface area contributed by atoms with E-state index in [0.29, 0.717) is 19.1 Å². The number of imidazole rings is 1. The second-order valence-corrected chi connectivity index (χ2v) is 7.62. The van der Waals surface area contributed by atoms with Gasteiger partial charge in [0.25, 0.3) is 0 Å². The summed E-state index contributed by atoms with van der Waals surface area (Å²) in [5.74, 6) is 2.48. The largest absolute Gasteiger partial charge is 0.486 e. The number of aromatic nitrogens is 2. The highest BCUT2D eigenvalue weighted by Crippen LogP contribution is 2.24. The van der Waals surface area contributed by atoms with Gasteiger partial charge in [0.1, 0.15) is 18.2 Å². The number of hydrogen-bond donors (Lipinski definition) is 1. The standard InChI is InChI=1S/C23H28N4O2/c1-24-23(28)16-26-13-11-18(12-14-26)15-27-21-10-6-5-9-20(21)25-22(27)17-29-19-7-3-2-4-8-19/h2-10,18H,11-17H2,1H3,(H,24,28). The van der Waals surface area contributed by atoms with E-state index in [1.54, 1.807) is 7.05 Å². The van der Waals surface area contributed by atoms with Crippen molar-refractivity contribution >= 4 is 16.9 Å². The van der Waals surface area contributed by atoms with Gasteiger partial charge in [-0.2, -0.15) is 0 Å². The number of carbonyl (C=O) groups excluding carboxylic acids is 1. The van der Waals surface area contributed by atoms with Gasteiger partial charge in [-0.25, -0.2) is 4.98 Å². The van der Waals surface area contributed by atoms with Crippen LogP contribution in [0.25, 0.3) is 11.0 Å². The van der Waals surface area contributed by atoms with E-state index in [-0.39, 0.29) is 5.91 Å². The SMILES string of the molecule is CNC(=O)CN1CCC(Cn2c(COc3ccccc3)nc3ccccc32)CC1. The summed E-state index contributed by atoms with van der Waals surface area (Å²) in [7, 11) is 1.69. The third kappa shape index (κ3) is 4.77. The Labute approximate surface area is 171 Å². The molecule has 1 aliphatic heterocycles. The number of ether oxygens (including phenoxy) is 1. The summed E-state index contributed by atoms with van der Waals surface area (Å²) in [4.78, 5) is 18.7. The lowest BCUT2D eigenvalue weighted by molar-refractivity contribution is -0.122. The fourth-order valence-electron chi connectivity index (χ4n) is 3.97. The van der Waals surface area contributed by atoms with Crippen LogP contribution in [-0.2, 0) is 17.9 Å². The number of benzene rings is 2. The molecule has 1 N–H and O–H groups in total. The first-order valence-corrected chi connectivity index (χ1v) is 10.3. The van der Waals surface area contributed by atoms with Gasteiger partial charge >= 0.3 is 0 Å². The molecule has 0 saturated carbocycles. The van der Waals surface area contributed by atoms with Gasteiger partial charge in [0.05, 0.1) is 17.6 Å². The highest BCUT2D eigenvalue weighted by Gasteiger charge is 2.22. The number of likely N-dealkylation sites (N-methyl/N-ethyl adjacent to an activating group) is 1. The summed E-state index contributed by atoms with van der Waals surface area (Å²) in [6.45, 7) is 3.80. The summed E-state index contributed by atoms with van der Waals surface area (Å²) in [5, 5.41) is 2.71. The van der Waals surface area contributed by atoms with Crippen LogP contribution in [-0.4, -0.2) is 47.0 Å². The molecular formula is C23H28N4O2. The summed E-state index contributed by atoms with van der Waals surface area (Å²) >= 11 is 0. The normalized spacial score (nSPS) is 15.5. The molecule has 0 bridgehead atoms. The van der Waals surface area contributed by atoms with Crippen molar-refractivity contribution in [1.82, 2.24) is 19.8 Å². The van der Waals surface area contributed by atoms with Crippen molar-refractivity contribution in [2.75, 3.05) is 26.7 Å². The van der Waals surface area contributed by atoms with E-state index in [1.165, 1.54) is 0 Å². The first-order valence-electron chi connectivity index (χ1n) is 10.3. The van der Waals surface area contributed by atoms with Crippen LogP contribution in [0.15, 0.2) is 54.6 Å². The zero-order chi connectivity index (χ0) is 20.1. The second kappa shape index (κ2) is 9.09. The van der Waals surface area contributed by atoms with Crippen LogP contribution in [0, 0.1) is 5.92 Å². The fraction of sp³-hybridized carbons (Fsp3) is 0.391. The van der Waals surface area contributed by atoms with Gasteiger partial charge in [0.15, 0.2) is 0 Å². The minimum absolute atomic E-state index is 0.0874. The maximum Gasteiger partial charge on any atom is 0.233 e. The maximum absolute atomic E-state index is 11.6. The summed E-state index contributed by atoms with van der Waals surface area (Å²) < 4.78 is 8.31. The molecule has 1 fully saturated rings. The van der Waals surface area contributed by atoms with Gasteiger partial charge in [-0.3, -0.25) is 9.69 Å². The summed E-state index contributed by atoms with van der Waals surface area (Å²) in [6, 6.07) is 18.2. The number of likely N-dealkylation sites (tertiary alicyclic amines) is 1. The number of nitrogens with one attached hydrogen (secondary N) is 1. The number of nitrogens with zero attached hydrogens (tertiary/aromatic N) is 3. The summed E-state index contributed by atoms with van der Waals surface area (Å²) in [6.07, 6.45) is 2.17. The predicted octanol–water partition coefficient (Wildman–Crippen LogP) is 3.07. The number of para-hydroxylation sites is 3. The number of hydrogen-bond acceptors (Lipinski definition) is 4. The Kier molecular flexibility index (Phi) is 6.10. The van der Waals surface area contributed by atoms with Crippen LogP contribution in [0.3, 0.4) is 0 Å². The van der Waals surface area contributed by atoms with E-state index in [0.717, 1.165) is 55.1 Å². The van der Waals surface area contributed by atoms with Gasteiger partial charge < -0.3 is 14.6 Å². The van der Waals surface area contributed by atoms with Crippen LogP contribution in [0.1, 0.15) is 18.7 Å². The van der Waals surface area contributed by atoms with Crippen LogP contribution < -0.4 is 10.1 Å². The zero-order valence-corrected chi connectivity index (χ0v) is 16.9. The summed E-state index contributed by atoms with van der Waals surface area (Å²) in [5.41, 5.74) is 2.17. The van der Waals surface area contributed by atoms with Gasteiger partial charge in [0.2, 0.25) is 5.91 Å². The molecule has 2 heterocycles. The van der Waals surface area contributed by atoms with Crippen molar-refractivity contribution in [3.05, 3.63) is 60.4 Å². The van der Waals surface area contributed by atoms with Crippen molar-refractivity contribution < 1.29 is 9.53 Å². The molecule has 0 spiro atoms. The van der Waals surface area contributed by atoms with Gasteiger partial charge in [0, 0.05) is 13.6 Å². The first-order chi connectivity index (χ1) is 14.2. The van der Waals surface area contributed by atoms with Crippen LogP contribution >= 0.6 is 0 Å². The lowest BCUT2D eigenvalue weighted by Gasteiger charge is -2.31. The van der Waals surface area contributed by atoms with Crippen molar-refractivity contribution in [1.29, 1.82) is 0 Å². The molecule has 1 aromatic heterocycles. The quantitative estimate of drug-likeness (QED) is 0.671. The monoisotopic (exact) mass is 392 g/mol. The van der Waals surface area contributed by atoms with E-state index < -0.39 is 0 Å². The van der Waals surface area contributed by atoms with Gasteiger partial charge in [-0.15, -0.1) is 0 Å². The van der Waals surface area contributed by atoms with Crippen molar-refractivity contribution in [3.63, 3.8) is 0 Å². The molecule has 0 atom stereocenters. The molecule has 6 heteroatoms. The van der Waals surface area contributed by atoms with Crippen LogP contribution in [0.5, 0.6) is 5.75 Å². The van der Waals surface area contributed by atoms with Crippen LogP contribution in [0.2, 0.25) is 0 Å². The fourth-order valence-corrected chi connectivity index (χ4v) is 3.97. The van der Waals surface area contributed by atoms with E-state index in [2.05, 4.69) is 33.0 Å². The Morgan fingerprint density at radius 1 is 1.10 bits per heavy atom. The molecule has 4 rings (SSSR count). The van der Waals surface area contributed by atoms with E-state index in [1.807, 2.05) is 36.4 Å². The predicted molar refractivity (Wildman–Crippen MR) is 114 cm³/mol. The maximum atomic E-state index is 11.6. The molecular weight excluding hydrogens is 364 g/mol. The number of rotatable bonds is 7. The van der Waals surface area contributed by atoms with E-state index in [9.17, 15) is 4.79 Å². The Bertz CT molecular complexity index is 946. The molecule has 3 aromatic rings. The van der Waals surface area contributed by atoms with E-state index in [4.69, 9.17) is 9.72 Å². The third-order valence-corrected chi connectivity index (χ3v) is 5.64. The average molecular weight is 393 g/mol. The number of fused-ring (bicyclic) bond motifs is 1.